The van der Waals surface area contributed by atoms with Gasteiger partial charge in [0.15, 0.2) is 5.75 Å². The Balaban J connectivity index is 0.00000243. The number of azo groups is 1. The van der Waals surface area contributed by atoms with E-state index in [1.165, 1.54) is 19.2 Å². The number of aromatic hydroxyl groups is 1. The van der Waals surface area contributed by atoms with Crippen LogP contribution in [0.25, 0.3) is 10.8 Å². The summed E-state index contributed by atoms with van der Waals surface area (Å²) in [5.41, 5.74) is 0.322. The molecule has 0 atom stereocenters. The predicted octanol–water partition coefficient (Wildman–Crippen LogP) is 3.57. The summed E-state index contributed by atoms with van der Waals surface area (Å²) in [6.07, 6.45) is 0. The number of rotatable bonds is 4. The molecule has 0 aliphatic carbocycles. The Morgan fingerprint density at radius 2 is 1.50 bits per heavy atom. The molecule has 0 aliphatic heterocycles. The fourth-order valence-electron chi connectivity index (χ4n) is 2.42. The van der Waals surface area contributed by atoms with Crippen LogP contribution in [0.15, 0.2) is 69.7 Å². The van der Waals surface area contributed by atoms with E-state index in [4.69, 9.17) is 4.74 Å². The molecule has 3 aromatic rings. The molecular formula is C17H15N2NaO5S. The quantitative estimate of drug-likeness (QED) is 0.407. The van der Waals surface area contributed by atoms with Gasteiger partial charge in [0, 0.05) is 10.8 Å². The van der Waals surface area contributed by atoms with E-state index in [0.717, 1.165) is 6.07 Å². The molecule has 3 rings (SSSR count). The maximum atomic E-state index is 11.7. The van der Waals surface area contributed by atoms with Gasteiger partial charge in [0.05, 0.1) is 7.11 Å². The summed E-state index contributed by atoms with van der Waals surface area (Å²) in [7, 11) is -3.02. The van der Waals surface area contributed by atoms with Crippen LogP contribution < -0.4 is 4.74 Å². The van der Waals surface area contributed by atoms with Crippen molar-refractivity contribution in [1.82, 2.24) is 0 Å². The molecule has 3 aromatic carbocycles. The van der Waals surface area contributed by atoms with Crippen LogP contribution in [-0.4, -0.2) is 54.7 Å². The second-order valence-electron chi connectivity index (χ2n) is 5.13. The summed E-state index contributed by atoms with van der Waals surface area (Å²) in [4.78, 5) is -0.352. The van der Waals surface area contributed by atoms with Crippen molar-refractivity contribution in [1.29, 1.82) is 0 Å². The minimum atomic E-state index is -4.50. The third-order valence-corrected chi connectivity index (χ3v) is 4.48. The molecule has 0 fully saturated rings. The summed E-state index contributed by atoms with van der Waals surface area (Å²) < 4.78 is 38.0. The normalized spacial score (nSPS) is 11.5. The summed E-state index contributed by atoms with van der Waals surface area (Å²) in [5.74, 6) is 0.239. The number of para-hydroxylation sites is 1. The Morgan fingerprint density at radius 1 is 0.923 bits per heavy atom. The summed E-state index contributed by atoms with van der Waals surface area (Å²) in [6.45, 7) is 0. The van der Waals surface area contributed by atoms with Crippen LogP contribution in [-0.2, 0) is 10.1 Å². The van der Waals surface area contributed by atoms with E-state index in [9.17, 15) is 18.1 Å². The zero-order valence-corrected chi connectivity index (χ0v) is 13.9. The fourth-order valence-corrected chi connectivity index (χ4v) is 3.14. The van der Waals surface area contributed by atoms with Gasteiger partial charge in [-0.25, -0.2) is 0 Å². The molecule has 9 heteroatoms. The number of nitrogens with zero attached hydrogens (tertiary/aromatic N) is 2. The van der Waals surface area contributed by atoms with Gasteiger partial charge in [0.2, 0.25) is 0 Å². The van der Waals surface area contributed by atoms with Gasteiger partial charge in [0.25, 0.3) is 10.1 Å². The van der Waals surface area contributed by atoms with Gasteiger partial charge in [-0.15, -0.1) is 10.2 Å². The zero-order valence-electron chi connectivity index (χ0n) is 13.1. The van der Waals surface area contributed by atoms with Gasteiger partial charge in [-0.1, -0.05) is 36.4 Å². The number of benzene rings is 3. The summed E-state index contributed by atoms with van der Waals surface area (Å²) in [6, 6.07) is 14.2. The van der Waals surface area contributed by atoms with Crippen molar-refractivity contribution in [2.75, 3.05) is 7.11 Å². The molecule has 7 nitrogen and oxygen atoms in total. The first kappa shape index (κ1) is 20.3. The number of phenolic OH excluding ortho intramolecular Hbond substituents is 1. The predicted molar refractivity (Wildman–Crippen MR) is 99.7 cm³/mol. The van der Waals surface area contributed by atoms with Crippen LogP contribution in [0.2, 0.25) is 0 Å². The molecule has 0 bridgehead atoms. The van der Waals surface area contributed by atoms with Crippen LogP contribution in [0, 0.1) is 0 Å². The van der Waals surface area contributed by atoms with Gasteiger partial charge in [-0.3, -0.25) is 4.55 Å². The molecule has 0 aromatic heterocycles. The maximum absolute atomic E-state index is 11.7. The van der Waals surface area contributed by atoms with Crippen molar-refractivity contribution in [3.8, 4) is 11.5 Å². The number of hydrogen-bond acceptors (Lipinski definition) is 6. The first-order valence-corrected chi connectivity index (χ1v) is 8.63. The number of hydrogen-bond donors (Lipinski definition) is 2. The molecule has 0 unspecified atom stereocenters. The number of fused-ring (bicyclic) bond motifs is 1. The Bertz CT molecular complexity index is 1080. The number of methoxy groups -OCH3 is 1. The van der Waals surface area contributed by atoms with E-state index in [0.29, 0.717) is 11.4 Å². The molecule has 0 saturated heterocycles. The van der Waals surface area contributed by atoms with E-state index in [-0.39, 0.29) is 56.7 Å². The second kappa shape index (κ2) is 8.15. The van der Waals surface area contributed by atoms with E-state index >= 15 is 0 Å². The molecule has 130 valence electrons. The van der Waals surface area contributed by atoms with Crippen LogP contribution >= 0.6 is 0 Å². The Labute approximate surface area is 172 Å². The Hall–Kier alpha value is -1.97. The van der Waals surface area contributed by atoms with E-state index in [2.05, 4.69) is 10.2 Å². The van der Waals surface area contributed by atoms with Gasteiger partial charge < -0.3 is 9.84 Å². The van der Waals surface area contributed by atoms with Crippen molar-refractivity contribution < 1.29 is 22.8 Å². The zero-order chi connectivity index (χ0) is 18.0. The molecule has 0 saturated carbocycles. The second-order valence-corrected chi connectivity index (χ2v) is 6.52. The van der Waals surface area contributed by atoms with Gasteiger partial charge >= 0.3 is 29.6 Å². The van der Waals surface area contributed by atoms with Crippen LogP contribution in [0.1, 0.15) is 0 Å². The average Bonchev–Trinajstić information content (AvgIpc) is 2.60. The van der Waals surface area contributed by atoms with Crippen molar-refractivity contribution >= 4 is 61.8 Å². The average molecular weight is 382 g/mol. The SMILES string of the molecule is COc1ccccc1N=Nc1cc(S(=O)(=O)O)c2ccccc2c1O.[NaH]. The first-order chi connectivity index (χ1) is 11.9. The van der Waals surface area contributed by atoms with Gasteiger partial charge in [0.1, 0.15) is 22.0 Å². The van der Waals surface area contributed by atoms with Gasteiger partial charge in [-0.05, 0) is 18.2 Å². The molecule has 0 amide bonds. The molecule has 26 heavy (non-hydrogen) atoms. The Kier molecular flexibility index (Phi) is 6.38. The molecule has 0 radical (unpaired) electrons. The molecule has 0 spiro atoms. The fraction of sp³-hybridized carbons (Fsp3) is 0.0588. The molecule has 0 heterocycles. The van der Waals surface area contributed by atoms with Crippen LogP contribution in [0.4, 0.5) is 11.4 Å². The topological polar surface area (TPSA) is 109 Å². The van der Waals surface area contributed by atoms with Gasteiger partial charge in [-0.2, -0.15) is 8.42 Å². The van der Waals surface area contributed by atoms with Crippen molar-refractivity contribution in [3.05, 3.63) is 54.6 Å². The van der Waals surface area contributed by atoms with Crippen molar-refractivity contribution in [2.24, 2.45) is 10.2 Å². The summed E-state index contributed by atoms with van der Waals surface area (Å²) >= 11 is 0. The first-order valence-electron chi connectivity index (χ1n) is 7.19. The standard InChI is InChI=1S/C17H14N2O5S.Na.H/c1-24-15-9-5-4-8-13(15)18-19-14-10-16(25(21,22)23)11-6-2-3-7-12(11)17(14)20;;/h2-10,20H,1H3,(H,21,22,23);;. The van der Waals surface area contributed by atoms with E-state index in [1.54, 1.807) is 36.4 Å². The van der Waals surface area contributed by atoms with Crippen molar-refractivity contribution in [2.45, 2.75) is 4.90 Å². The van der Waals surface area contributed by atoms with E-state index in [1.807, 2.05) is 0 Å². The monoisotopic (exact) mass is 382 g/mol. The van der Waals surface area contributed by atoms with Crippen LogP contribution in [0.5, 0.6) is 11.5 Å². The summed E-state index contributed by atoms with van der Waals surface area (Å²) in [5, 5.41) is 18.7. The molecular weight excluding hydrogens is 367 g/mol. The van der Waals surface area contributed by atoms with Crippen LogP contribution in [0.3, 0.4) is 0 Å². The van der Waals surface area contributed by atoms with Crippen molar-refractivity contribution in [3.63, 3.8) is 0 Å². The molecule has 0 aliphatic rings. The third-order valence-electron chi connectivity index (χ3n) is 3.59. The minimum absolute atomic E-state index is 0. The number of ether oxygens (including phenoxy) is 1. The third kappa shape index (κ3) is 4.05. The number of phenols is 1. The molecule has 2 N–H and O–H groups in total. The van der Waals surface area contributed by atoms with E-state index < -0.39 is 10.1 Å². The Morgan fingerprint density at radius 3 is 2.15 bits per heavy atom.